The van der Waals surface area contributed by atoms with E-state index in [1.807, 2.05) is 19.0 Å². The maximum Gasteiger partial charge on any atom is 0.231 e. The minimum Gasteiger partial charge on any atom is -0.354 e. The number of hydrogen-bond donors (Lipinski definition) is 2. The minimum atomic E-state index is 0.484. The summed E-state index contributed by atoms with van der Waals surface area (Å²) in [5, 5.41) is 6.73. The van der Waals surface area contributed by atoms with Crippen LogP contribution in [0.5, 0.6) is 0 Å². The van der Waals surface area contributed by atoms with Crippen LogP contribution in [0.3, 0.4) is 0 Å². The Hall–Kier alpha value is -1.59. The summed E-state index contributed by atoms with van der Waals surface area (Å²) in [6.45, 7) is 5.33. The van der Waals surface area contributed by atoms with Gasteiger partial charge in [-0.1, -0.05) is 13.8 Å². The van der Waals surface area contributed by atoms with Gasteiger partial charge < -0.3 is 15.5 Å². The number of anilines is 3. The monoisotopic (exact) mass is 292 g/mol. The van der Waals surface area contributed by atoms with E-state index < -0.39 is 0 Å². The molecule has 0 aliphatic heterocycles. The molecule has 1 aliphatic rings. The average Bonchev–Trinajstić information content (AvgIpc) is 2.47. The number of aromatic nitrogens is 3. The lowest BCUT2D eigenvalue weighted by molar-refractivity contribution is 0.360. The van der Waals surface area contributed by atoms with Gasteiger partial charge in [0, 0.05) is 26.7 Å². The molecule has 0 spiro atoms. The van der Waals surface area contributed by atoms with Gasteiger partial charge in [0.15, 0.2) is 0 Å². The van der Waals surface area contributed by atoms with Crippen molar-refractivity contribution in [2.24, 2.45) is 5.92 Å². The van der Waals surface area contributed by atoms with Crippen molar-refractivity contribution in [3.63, 3.8) is 0 Å². The molecule has 2 rings (SSSR count). The fourth-order valence-electron chi connectivity index (χ4n) is 2.53. The lowest BCUT2D eigenvalue weighted by Gasteiger charge is -2.27. The SMILES string of the molecule is CCCNc1nc(NC2CCC(C)CC2)nc(N(C)C)n1. The molecule has 0 atom stereocenters. The van der Waals surface area contributed by atoms with Gasteiger partial charge in [0.25, 0.3) is 0 Å². The molecule has 1 aliphatic carbocycles. The summed E-state index contributed by atoms with van der Waals surface area (Å²) >= 11 is 0. The summed E-state index contributed by atoms with van der Waals surface area (Å²) in [7, 11) is 3.90. The normalized spacial score (nSPS) is 21.9. The molecule has 0 unspecified atom stereocenters. The third-order valence-corrected chi connectivity index (χ3v) is 3.91. The first-order chi connectivity index (χ1) is 10.1. The standard InChI is InChI=1S/C15H28N6/c1-5-10-16-13-18-14(20-15(19-13)21(3)4)17-12-8-6-11(2)7-9-12/h11-12H,5-10H2,1-4H3,(H2,16,17,18,19,20). The number of hydrogen-bond acceptors (Lipinski definition) is 6. The fraction of sp³-hybridized carbons (Fsp3) is 0.800. The highest BCUT2D eigenvalue weighted by Crippen LogP contribution is 2.25. The van der Waals surface area contributed by atoms with Crippen LogP contribution in [0.25, 0.3) is 0 Å². The van der Waals surface area contributed by atoms with E-state index >= 15 is 0 Å². The Morgan fingerprint density at radius 2 is 1.71 bits per heavy atom. The van der Waals surface area contributed by atoms with Gasteiger partial charge in [-0.2, -0.15) is 15.0 Å². The van der Waals surface area contributed by atoms with Gasteiger partial charge in [-0.05, 0) is 38.0 Å². The topological polar surface area (TPSA) is 66.0 Å². The van der Waals surface area contributed by atoms with E-state index in [2.05, 4.69) is 39.4 Å². The van der Waals surface area contributed by atoms with Crippen molar-refractivity contribution in [3.05, 3.63) is 0 Å². The molecule has 21 heavy (non-hydrogen) atoms. The summed E-state index contributed by atoms with van der Waals surface area (Å²) in [4.78, 5) is 15.3. The van der Waals surface area contributed by atoms with Crippen LogP contribution in [-0.4, -0.2) is 41.6 Å². The Morgan fingerprint density at radius 3 is 2.33 bits per heavy atom. The first kappa shape index (κ1) is 15.8. The summed E-state index contributed by atoms with van der Waals surface area (Å²) < 4.78 is 0. The quantitative estimate of drug-likeness (QED) is 0.840. The molecule has 0 amide bonds. The smallest absolute Gasteiger partial charge is 0.231 e. The summed E-state index contributed by atoms with van der Waals surface area (Å²) in [6.07, 6.45) is 6.00. The van der Waals surface area contributed by atoms with Crippen molar-refractivity contribution in [1.29, 1.82) is 0 Å². The molecule has 1 aromatic rings. The Balaban J connectivity index is 2.07. The third-order valence-electron chi connectivity index (χ3n) is 3.91. The highest BCUT2D eigenvalue weighted by molar-refractivity contribution is 5.43. The second-order valence-electron chi connectivity index (χ2n) is 6.20. The third kappa shape index (κ3) is 4.72. The summed E-state index contributed by atoms with van der Waals surface area (Å²) in [6, 6.07) is 0.484. The second-order valence-corrected chi connectivity index (χ2v) is 6.20. The van der Waals surface area contributed by atoms with Crippen molar-refractivity contribution in [3.8, 4) is 0 Å². The first-order valence-corrected chi connectivity index (χ1v) is 8.02. The van der Waals surface area contributed by atoms with E-state index in [4.69, 9.17) is 0 Å². The maximum atomic E-state index is 4.51. The van der Waals surface area contributed by atoms with Crippen LogP contribution >= 0.6 is 0 Å². The Labute approximate surface area is 127 Å². The molecule has 6 nitrogen and oxygen atoms in total. The van der Waals surface area contributed by atoms with Crippen molar-refractivity contribution < 1.29 is 0 Å². The average molecular weight is 292 g/mol. The Kier molecular flexibility index (Phi) is 5.59. The van der Waals surface area contributed by atoms with Gasteiger partial charge in [-0.3, -0.25) is 0 Å². The van der Waals surface area contributed by atoms with Gasteiger partial charge in [0.1, 0.15) is 0 Å². The van der Waals surface area contributed by atoms with Crippen LogP contribution in [-0.2, 0) is 0 Å². The molecule has 1 heterocycles. The minimum absolute atomic E-state index is 0.484. The van der Waals surface area contributed by atoms with Crippen LogP contribution in [0.15, 0.2) is 0 Å². The summed E-state index contributed by atoms with van der Waals surface area (Å²) in [5.41, 5.74) is 0. The highest BCUT2D eigenvalue weighted by Gasteiger charge is 2.19. The molecule has 1 aromatic heterocycles. The Bertz CT molecular complexity index is 440. The lowest BCUT2D eigenvalue weighted by Crippen LogP contribution is -2.27. The van der Waals surface area contributed by atoms with E-state index in [1.165, 1.54) is 25.7 Å². The van der Waals surface area contributed by atoms with Crippen molar-refractivity contribution in [2.45, 2.75) is 52.0 Å². The molecule has 6 heteroatoms. The molecular formula is C15H28N6. The van der Waals surface area contributed by atoms with Crippen LogP contribution in [0.1, 0.15) is 46.0 Å². The molecule has 0 bridgehead atoms. The molecule has 1 fully saturated rings. The van der Waals surface area contributed by atoms with E-state index in [-0.39, 0.29) is 0 Å². The maximum absolute atomic E-state index is 4.51. The van der Waals surface area contributed by atoms with Gasteiger partial charge >= 0.3 is 0 Å². The van der Waals surface area contributed by atoms with Crippen LogP contribution < -0.4 is 15.5 Å². The molecule has 0 saturated heterocycles. The summed E-state index contributed by atoms with van der Waals surface area (Å²) in [5.74, 6) is 2.88. The zero-order chi connectivity index (χ0) is 15.2. The number of nitrogens with one attached hydrogen (secondary N) is 2. The van der Waals surface area contributed by atoms with Crippen molar-refractivity contribution >= 4 is 17.8 Å². The lowest BCUT2D eigenvalue weighted by atomic mass is 9.87. The van der Waals surface area contributed by atoms with E-state index in [0.717, 1.165) is 18.9 Å². The van der Waals surface area contributed by atoms with Gasteiger partial charge in [-0.25, -0.2) is 0 Å². The molecule has 2 N–H and O–H groups in total. The number of rotatable bonds is 6. The highest BCUT2D eigenvalue weighted by atomic mass is 15.3. The van der Waals surface area contributed by atoms with Crippen LogP contribution in [0.4, 0.5) is 17.8 Å². The Morgan fingerprint density at radius 1 is 1.05 bits per heavy atom. The fourth-order valence-corrected chi connectivity index (χ4v) is 2.53. The van der Waals surface area contributed by atoms with E-state index in [0.29, 0.717) is 23.9 Å². The predicted octanol–water partition coefficient (Wildman–Crippen LogP) is 2.75. The van der Waals surface area contributed by atoms with Gasteiger partial charge in [-0.15, -0.1) is 0 Å². The first-order valence-electron chi connectivity index (χ1n) is 8.02. The second kappa shape index (κ2) is 7.43. The molecule has 1 saturated carbocycles. The predicted molar refractivity (Wildman–Crippen MR) is 88.0 cm³/mol. The number of nitrogens with zero attached hydrogens (tertiary/aromatic N) is 4. The largest absolute Gasteiger partial charge is 0.354 e. The van der Waals surface area contributed by atoms with Crippen molar-refractivity contribution in [1.82, 2.24) is 15.0 Å². The zero-order valence-corrected chi connectivity index (χ0v) is 13.7. The zero-order valence-electron chi connectivity index (χ0n) is 13.7. The van der Waals surface area contributed by atoms with Gasteiger partial charge in [0.05, 0.1) is 0 Å². The molecule has 0 radical (unpaired) electrons. The van der Waals surface area contributed by atoms with Gasteiger partial charge in [0.2, 0.25) is 17.8 Å². The van der Waals surface area contributed by atoms with E-state index in [9.17, 15) is 0 Å². The molecule has 0 aromatic carbocycles. The molecular weight excluding hydrogens is 264 g/mol. The van der Waals surface area contributed by atoms with E-state index in [1.54, 1.807) is 0 Å². The van der Waals surface area contributed by atoms with Crippen LogP contribution in [0.2, 0.25) is 0 Å². The molecule has 118 valence electrons. The van der Waals surface area contributed by atoms with Crippen molar-refractivity contribution in [2.75, 3.05) is 36.2 Å². The van der Waals surface area contributed by atoms with Crippen LogP contribution in [0, 0.1) is 5.92 Å².